The molecule has 0 N–H and O–H groups in total. The van der Waals surface area contributed by atoms with E-state index in [0.717, 1.165) is 6.07 Å². The Morgan fingerprint density at radius 1 is 1.14 bits per heavy atom. The molecular formula is C15H9ClF3NO. The summed E-state index contributed by atoms with van der Waals surface area (Å²) in [7, 11) is 0. The summed E-state index contributed by atoms with van der Waals surface area (Å²) in [6, 6.07) is 11.4. The highest BCUT2D eigenvalue weighted by Gasteiger charge is 2.34. The van der Waals surface area contributed by atoms with Gasteiger partial charge in [0.15, 0.2) is 0 Å². The van der Waals surface area contributed by atoms with E-state index in [1.807, 2.05) is 6.07 Å². The third kappa shape index (κ3) is 3.67. The molecule has 108 valence electrons. The largest absolute Gasteiger partial charge is 0.488 e. The van der Waals surface area contributed by atoms with Crippen LogP contribution in [0, 0.1) is 11.3 Å². The molecule has 21 heavy (non-hydrogen) atoms. The van der Waals surface area contributed by atoms with Crippen LogP contribution < -0.4 is 4.74 Å². The number of nitrogens with zero attached hydrogens (tertiary/aromatic N) is 1. The number of benzene rings is 2. The van der Waals surface area contributed by atoms with Crippen LogP contribution in [0.1, 0.15) is 16.7 Å². The van der Waals surface area contributed by atoms with Crippen molar-refractivity contribution in [2.75, 3.05) is 0 Å². The summed E-state index contributed by atoms with van der Waals surface area (Å²) >= 11 is 5.95. The summed E-state index contributed by atoms with van der Waals surface area (Å²) in [6.07, 6.45) is -4.48. The van der Waals surface area contributed by atoms with Crippen molar-refractivity contribution in [3.8, 4) is 11.8 Å². The number of alkyl halides is 3. The number of halogens is 4. The molecule has 0 amide bonds. The highest BCUT2D eigenvalue weighted by molar-refractivity contribution is 6.31. The number of para-hydroxylation sites is 1. The number of ether oxygens (including phenoxy) is 1. The summed E-state index contributed by atoms with van der Waals surface area (Å²) < 4.78 is 43.6. The normalized spacial score (nSPS) is 11.0. The summed E-state index contributed by atoms with van der Waals surface area (Å²) in [5, 5.41) is 9.00. The van der Waals surface area contributed by atoms with Crippen molar-refractivity contribution >= 4 is 11.6 Å². The molecule has 0 aliphatic carbocycles. The van der Waals surface area contributed by atoms with Gasteiger partial charge in [0.1, 0.15) is 12.4 Å². The molecule has 0 heterocycles. The van der Waals surface area contributed by atoms with Gasteiger partial charge >= 0.3 is 6.18 Å². The third-order valence-corrected chi connectivity index (χ3v) is 3.11. The molecule has 2 aromatic rings. The smallest absolute Gasteiger partial charge is 0.419 e. The minimum absolute atomic E-state index is 0.113. The Bertz CT molecular complexity index is 692. The van der Waals surface area contributed by atoms with E-state index in [-0.39, 0.29) is 17.4 Å². The summed E-state index contributed by atoms with van der Waals surface area (Å²) in [5.41, 5.74) is 0.0434. The SMILES string of the molecule is N#Cc1ccc(COc2ccccc2C(F)(F)F)c(Cl)c1. The van der Waals surface area contributed by atoms with Crippen molar-refractivity contribution in [2.24, 2.45) is 0 Å². The van der Waals surface area contributed by atoms with Gasteiger partial charge in [-0.2, -0.15) is 18.4 Å². The Hall–Kier alpha value is -2.19. The quantitative estimate of drug-likeness (QED) is 0.815. The molecule has 0 fully saturated rings. The van der Waals surface area contributed by atoms with Crippen LogP contribution in [0.15, 0.2) is 42.5 Å². The Morgan fingerprint density at radius 3 is 2.48 bits per heavy atom. The molecule has 0 aliphatic heterocycles. The lowest BCUT2D eigenvalue weighted by Crippen LogP contribution is -2.08. The lowest BCUT2D eigenvalue weighted by Gasteiger charge is -2.14. The van der Waals surface area contributed by atoms with Crippen LogP contribution in [0.3, 0.4) is 0 Å². The first kappa shape index (κ1) is 15.2. The van der Waals surface area contributed by atoms with Gasteiger partial charge in [-0.15, -0.1) is 0 Å². The Morgan fingerprint density at radius 2 is 1.86 bits per heavy atom. The predicted molar refractivity (Wildman–Crippen MR) is 71.9 cm³/mol. The number of nitriles is 1. The molecule has 2 rings (SSSR count). The zero-order chi connectivity index (χ0) is 15.5. The van der Waals surface area contributed by atoms with E-state index in [0.29, 0.717) is 11.1 Å². The fraction of sp³-hybridized carbons (Fsp3) is 0.133. The zero-order valence-electron chi connectivity index (χ0n) is 10.6. The van der Waals surface area contributed by atoms with E-state index in [1.165, 1.54) is 30.3 Å². The average molecular weight is 312 g/mol. The second-order valence-corrected chi connectivity index (χ2v) is 4.61. The molecule has 2 aromatic carbocycles. The fourth-order valence-electron chi connectivity index (χ4n) is 1.72. The molecule has 2 nitrogen and oxygen atoms in total. The number of hydrogen-bond donors (Lipinski definition) is 0. The lowest BCUT2D eigenvalue weighted by atomic mass is 10.1. The molecule has 0 saturated heterocycles. The molecule has 0 unspecified atom stereocenters. The zero-order valence-corrected chi connectivity index (χ0v) is 11.4. The first-order valence-corrected chi connectivity index (χ1v) is 6.27. The van der Waals surface area contributed by atoms with Gasteiger partial charge in [-0.05, 0) is 24.3 Å². The van der Waals surface area contributed by atoms with Gasteiger partial charge < -0.3 is 4.74 Å². The van der Waals surface area contributed by atoms with Crippen LogP contribution in [-0.2, 0) is 12.8 Å². The summed E-state index contributed by atoms with van der Waals surface area (Å²) in [5.74, 6) is -0.259. The van der Waals surface area contributed by atoms with Crippen molar-refractivity contribution in [1.82, 2.24) is 0 Å². The minimum atomic E-state index is -4.48. The van der Waals surface area contributed by atoms with Crippen molar-refractivity contribution in [1.29, 1.82) is 5.26 Å². The van der Waals surface area contributed by atoms with Crippen molar-refractivity contribution in [2.45, 2.75) is 12.8 Å². The second-order valence-electron chi connectivity index (χ2n) is 4.20. The molecule has 0 radical (unpaired) electrons. The molecular weight excluding hydrogens is 303 g/mol. The van der Waals surface area contributed by atoms with E-state index in [4.69, 9.17) is 21.6 Å². The van der Waals surface area contributed by atoms with Gasteiger partial charge in [-0.1, -0.05) is 29.8 Å². The lowest BCUT2D eigenvalue weighted by molar-refractivity contribution is -0.139. The molecule has 0 aliphatic rings. The van der Waals surface area contributed by atoms with Crippen LogP contribution in [0.4, 0.5) is 13.2 Å². The van der Waals surface area contributed by atoms with E-state index in [1.54, 1.807) is 6.07 Å². The highest BCUT2D eigenvalue weighted by atomic mass is 35.5. The van der Waals surface area contributed by atoms with Crippen molar-refractivity contribution < 1.29 is 17.9 Å². The minimum Gasteiger partial charge on any atom is -0.488 e. The topological polar surface area (TPSA) is 33.0 Å². The van der Waals surface area contributed by atoms with E-state index >= 15 is 0 Å². The fourth-order valence-corrected chi connectivity index (χ4v) is 1.95. The van der Waals surface area contributed by atoms with Gasteiger partial charge in [-0.3, -0.25) is 0 Å². The Labute approximate surface area is 124 Å². The Kier molecular flexibility index (Phi) is 4.39. The summed E-state index contributed by atoms with van der Waals surface area (Å²) in [4.78, 5) is 0. The summed E-state index contributed by atoms with van der Waals surface area (Å²) in [6.45, 7) is -0.113. The van der Waals surface area contributed by atoms with E-state index in [2.05, 4.69) is 0 Å². The van der Waals surface area contributed by atoms with Gasteiger partial charge in [0, 0.05) is 10.6 Å². The number of rotatable bonds is 3. The first-order chi connectivity index (χ1) is 9.91. The van der Waals surface area contributed by atoms with Crippen molar-refractivity contribution in [3.05, 3.63) is 64.2 Å². The van der Waals surface area contributed by atoms with Gasteiger partial charge in [0.05, 0.1) is 17.2 Å². The van der Waals surface area contributed by atoms with Crippen LogP contribution in [0.2, 0.25) is 5.02 Å². The van der Waals surface area contributed by atoms with Gasteiger partial charge in [-0.25, -0.2) is 0 Å². The van der Waals surface area contributed by atoms with E-state index in [9.17, 15) is 13.2 Å². The van der Waals surface area contributed by atoms with Crippen LogP contribution in [0.25, 0.3) is 0 Å². The van der Waals surface area contributed by atoms with Crippen LogP contribution in [0.5, 0.6) is 5.75 Å². The second kappa shape index (κ2) is 6.06. The maximum absolute atomic E-state index is 12.8. The maximum Gasteiger partial charge on any atom is 0.419 e. The van der Waals surface area contributed by atoms with Gasteiger partial charge in [0.2, 0.25) is 0 Å². The van der Waals surface area contributed by atoms with Gasteiger partial charge in [0.25, 0.3) is 0 Å². The third-order valence-electron chi connectivity index (χ3n) is 2.76. The Balaban J connectivity index is 2.20. The average Bonchev–Trinajstić information content (AvgIpc) is 2.45. The molecule has 0 bridgehead atoms. The molecule has 0 spiro atoms. The first-order valence-electron chi connectivity index (χ1n) is 5.89. The molecule has 0 atom stereocenters. The standard InChI is InChI=1S/C15H9ClF3NO/c16-13-7-10(8-20)5-6-11(13)9-21-14-4-2-1-3-12(14)15(17,18)19/h1-7H,9H2. The molecule has 0 aromatic heterocycles. The van der Waals surface area contributed by atoms with Crippen LogP contribution in [-0.4, -0.2) is 0 Å². The van der Waals surface area contributed by atoms with Crippen LogP contribution >= 0.6 is 11.6 Å². The maximum atomic E-state index is 12.8. The van der Waals surface area contributed by atoms with Crippen molar-refractivity contribution in [3.63, 3.8) is 0 Å². The number of hydrogen-bond acceptors (Lipinski definition) is 2. The predicted octanol–water partition coefficient (Wildman–Crippen LogP) is 4.81. The molecule has 6 heteroatoms. The van der Waals surface area contributed by atoms with E-state index < -0.39 is 11.7 Å². The molecule has 0 saturated carbocycles. The monoisotopic (exact) mass is 311 g/mol. The highest BCUT2D eigenvalue weighted by Crippen LogP contribution is 2.36.